The Kier molecular flexibility index (Phi) is 8.62. The highest BCUT2D eigenvalue weighted by Crippen LogP contribution is 2.37. The average Bonchev–Trinajstić information content (AvgIpc) is 3.18. The summed E-state index contributed by atoms with van der Waals surface area (Å²) in [5.74, 6) is 1.30. The minimum Gasteiger partial charge on any atom is -0.490 e. The highest BCUT2D eigenvalue weighted by Gasteiger charge is 2.27. The molecule has 182 valence electrons. The van der Waals surface area contributed by atoms with E-state index in [9.17, 15) is 4.79 Å². The predicted octanol–water partition coefficient (Wildman–Crippen LogP) is 6.74. The summed E-state index contributed by atoms with van der Waals surface area (Å²) in [6, 6.07) is 20.5. The Hall–Kier alpha value is -2.65. The van der Waals surface area contributed by atoms with E-state index in [0.717, 1.165) is 26.8 Å². The van der Waals surface area contributed by atoms with E-state index in [1.807, 2.05) is 37.3 Å². The molecule has 35 heavy (non-hydrogen) atoms. The van der Waals surface area contributed by atoms with E-state index in [2.05, 4.69) is 83.5 Å². The van der Waals surface area contributed by atoms with Gasteiger partial charge in [-0.2, -0.15) is 0 Å². The van der Waals surface area contributed by atoms with E-state index < -0.39 is 0 Å². The van der Waals surface area contributed by atoms with Crippen LogP contribution in [0.25, 0.3) is 6.08 Å². The second kappa shape index (κ2) is 11.9. The van der Waals surface area contributed by atoms with Crippen molar-refractivity contribution in [3.05, 3.63) is 91.4 Å². The second-order valence-corrected chi connectivity index (χ2v) is 10.5. The van der Waals surface area contributed by atoms with E-state index in [-0.39, 0.29) is 11.4 Å². The van der Waals surface area contributed by atoms with Gasteiger partial charge in [-0.1, -0.05) is 60.6 Å². The molecule has 0 bridgehead atoms. The zero-order valence-electron chi connectivity index (χ0n) is 20.1. The summed E-state index contributed by atoms with van der Waals surface area (Å²) in [5.41, 5.74) is 5.25. The molecule has 4 rings (SSSR count). The van der Waals surface area contributed by atoms with Crippen LogP contribution in [0.2, 0.25) is 0 Å². The Morgan fingerprint density at radius 2 is 1.74 bits per heavy atom. The van der Waals surface area contributed by atoms with E-state index in [0.29, 0.717) is 29.6 Å². The van der Waals surface area contributed by atoms with Gasteiger partial charge in [-0.05, 0) is 89.9 Å². The van der Waals surface area contributed by atoms with Crippen molar-refractivity contribution in [3.8, 4) is 11.5 Å². The lowest BCUT2D eigenvalue weighted by Crippen LogP contribution is -2.30. The Morgan fingerprint density at radius 1 is 1.03 bits per heavy atom. The number of ether oxygens (including phenoxy) is 2. The number of carbonyl (C=O) groups excluding carboxylic acids is 1. The first-order valence-electron chi connectivity index (χ1n) is 11.6. The number of thioether (sulfide) groups is 1. The fourth-order valence-electron chi connectivity index (χ4n) is 3.62. The first kappa shape index (κ1) is 25.4. The zero-order valence-corrected chi connectivity index (χ0v) is 23.0. The topological polar surface area (TPSA) is 59.6 Å². The summed E-state index contributed by atoms with van der Waals surface area (Å²) in [7, 11) is 0. The Labute approximate surface area is 224 Å². The van der Waals surface area contributed by atoms with Crippen LogP contribution < -0.4 is 20.1 Å². The molecule has 0 radical (unpaired) electrons. The number of hydrogen-bond donors (Lipinski definition) is 2. The van der Waals surface area contributed by atoms with Gasteiger partial charge in [0.2, 0.25) is 0 Å². The molecule has 1 aliphatic rings. The van der Waals surface area contributed by atoms with Gasteiger partial charge in [-0.25, -0.2) is 0 Å². The third-order valence-electron chi connectivity index (χ3n) is 5.52. The van der Waals surface area contributed by atoms with Gasteiger partial charge in [-0.3, -0.25) is 4.79 Å². The van der Waals surface area contributed by atoms with Gasteiger partial charge in [0.15, 0.2) is 17.0 Å². The van der Waals surface area contributed by atoms with E-state index in [1.54, 1.807) is 0 Å². The maximum Gasteiger partial charge on any atom is 0.260 e. The van der Waals surface area contributed by atoms with Gasteiger partial charge in [0.25, 0.3) is 5.91 Å². The maximum absolute atomic E-state index is 12.6. The van der Waals surface area contributed by atoms with Gasteiger partial charge < -0.3 is 20.1 Å². The maximum atomic E-state index is 12.6. The van der Waals surface area contributed by atoms with Crippen molar-refractivity contribution in [2.24, 2.45) is 0 Å². The number of hydrogen-bond acceptors (Lipinski definition) is 5. The van der Waals surface area contributed by atoms with Crippen molar-refractivity contribution in [1.82, 2.24) is 5.32 Å². The Bertz CT molecular complexity index is 1210. The summed E-state index contributed by atoms with van der Waals surface area (Å²) in [4.78, 5) is 13.3. The van der Waals surface area contributed by atoms with Crippen LogP contribution in [0.3, 0.4) is 0 Å². The van der Waals surface area contributed by atoms with Gasteiger partial charge in [0, 0.05) is 5.69 Å². The normalized spacial score (nSPS) is 16.3. The quantitative estimate of drug-likeness (QED) is 0.211. The van der Waals surface area contributed by atoms with Crippen molar-refractivity contribution >= 4 is 52.0 Å². The highest BCUT2D eigenvalue weighted by molar-refractivity contribution is 14.1. The van der Waals surface area contributed by atoms with Gasteiger partial charge >= 0.3 is 0 Å². The average molecular weight is 601 g/mol. The van der Waals surface area contributed by atoms with Crippen LogP contribution >= 0.6 is 34.4 Å². The minimum absolute atomic E-state index is 0.0923. The lowest BCUT2D eigenvalue weighted by molar-refractivity contribution is -0.116. The van der Waals surface area contributed by atoms with E-state index in [4.69, 9.17) is 9.47 Å². The smallest absolute Gasteiger partial charge is 0.260 e. The molecule has 1 saturated heterocycles. The van der Waals surface area contributed by atoms with Crippen LogP contribution in [0.5, 0.6) is 11.5 Å². The molecule has 0 aromatic heterocycles. The molecule has 5 nitrogen and oxygen atoms in total. The van der Waals surface area contributed by atoms with E-state index >= 15 is 0 Å². The monoisotopic (exact) mass is 600 g/mol. The summed E-state index contributed by atoms with van der Waals surface area (Å²) in [6.07, 6.45) is 2.90. The lowest BCUT2D eigenvalue weighted by Gasteiger charge is -2.15. The zero-order chi connectivity index (χ0) is 24.8. The number of nitrogens with one attached hydrogen (secondary N) is 2. The van der Waals surface area contributed by atoms with Gasteiger partial charge in [-0.15, -0.1) is 0 Å². The number of carbonyl (C=O) groups is 1. The summed E-state index contributed by atoms with van der Waals surface area (Å²) < 4.78 is 13.0. The Balaban J connectivity index is 1.48. The number of rotatable bonds is 9. The molecule has 1 fully saturated rings. The minimum atomic E-state index is -0.219. The molecule has 1 amide bonds. The largest absolute Gasteiger partial charge is 0.490 e. The van der Waals surface area contributed by atoms with Crippen molar-refractivity contribution in [2.75, 3.05) is 11.9 Å². The van der Waals surface area contributed by atoms with Crippen LogP contribution in [-0.2, 0) is 17.8 Å². The number of halogens is 1. The number of aryl methyl sites for hydroxylation is 2. The molecular formula is C28H29IN2O3S. The second-order valence-electron chi connectivity index (χ2n) is 8.21. The molecular weight excluding hydrogens is 571 g/mol. The number of amides is 1. The Morgan fingerprint density at radius 3 is 2.43 bits per heavy atom. The predicted molar refractivity (Wildman–Crippen MR) is 153 cm³/mol. The summed E-state index contributed by atoms with van der Waals surface area (Å²) in [6.45, 7) is 7.13. The summed E-state index contributed by atoms with van der Waals surface area (Å²) >= 11 is 3.73. The lowest BCUT2D eigenvalue weighted by atomic mass is 10.1. The molecule has 1 heterocycles. The van der Waals surface area contributed by atoms with Crippen LogP contribution in [-0.4, -0.2) is 18.0 Å². The van der Waals surface area contributed by atoms with Gasteiger partial charge in [0.05, 0.1) is 15.1 Å². The third kappa shape index (κ3) is 6.73. The first-order valence-corrected chi connectivity index (χ1v) is 13.6. The molecule has 0 spiro atoms. The molecule has 3 aromatic rings. The molecule has 2 N–H and O–H groups in total. The van der Waals surface area contributed by atoms with Crippen molar-refractivity contribution in [1.29, 1.82) is 0 Å². The number of anilines is 1. The molecule has 0 unspecified atom stereocenters. The molecule has 3 aromatic carbocycles. The van der Waals surface area contributed by atoms with E-state index in [1.165, 1.54) is 22.9 Å². The standard InChI is InChI=1S/C28H29IN2O3S/c1-4-19-10-12-22(13-11-19)30-28-31-27(32)25(35-28)16-21-14-23(29)26(24(15-21)33-5-2)34-17-20-8-6-18(3)7-9-20/h6-16,28,30H,4-5,17H2,1-3H3,(H,31,32)/b25-16-/t28-/m0/s1. The van der Waals surface area contributed by atoms with Crippen LogP contribution in [0.1, 0.15) is 36.1 Å². The van der Waals surface area contributed by atoms with Crippen molar-refractivity contribution in [2.45, 2.75) is 39.3 Å². The molecule has 0 saturated carbocycles. The van der Waals surface area contributed by atoms with Crippen molar-refractivity contribution < 1.29 is 14.3 Å². The summed E-state index contributed by atoms with van der Waals surface area (Å²) in [5, 5.41) is 6.37. The highest BCUT2D eigenvalue weighted by atomic mass is 127. The molecule has 1 atom stereocenters. The van der Waals surface area contributed by atoms with Crippen LogP contribution in [0, 0.1) is 10.5 Å². The van der Waals surface area contributed by atoms with Crippen LogP contribution in [0.15, 0.2) is 65.6 Å². The first-order chi connectivity index (χ1) is 16.9. The SMILES string of the molecule is CCOc1cc(/C=C2\S[C@@H](Nc3ccc(CC)cc3)NC2=O)cc(I)c1OCc1ccc(C)cc1. The van der Waals surface area contributed by atoms with Gasteiger partial charge in [0.1, 0.15) is 6.61 Å². The fraction of sp³-hybridized carbons (Fsp3) is 0.250. The molecule has 7 heteroatoms. The number of benzene rings is 3. The van der Waals surface area contributed by atoms with Crippen LogP contribution in [0.4, 0.5) is 5.69 Å². The third-order valence-corrected chi connectivity index (χ3v) is 7.35. The molecule has 0 aliphatic carbocycles. The molecule has 1 aliphatic heterocycles. The fourth-order valence-corrected chi connectivity index (χ4v) is 5.38. The van der Waals surface area contributed by atoms with Crippen molar-refractivity contribution in [3.63, 3.8) is 0 Å².